The van der Waals surface area contributed by atoms with E-state index in [2.05, 4.69) is 10.2 Å². The molecule has 0 bridgehead atoms. The lowest BCUT2D eigenvalue weighted by Crippen LogP contribution is -2.06. The highest BCUT2D eigenvalue weighted by Gasteiger charge is 2.18. The minimum Gasteiger partial charge on any atom is -0.481 e. The van der Waals surface area contributed by atoms with Gasteiger partial charge < -0.3 is 9.15 Å². The highest BCUT2D eigenvalue weighted by Crippen LogP contribution is 2.23. The van der Waals surface area contributed by atoms with Gasteiger partial charge in [0.25, 0.3) is 5.89 Å². The maximum atomic E-state index is 5.77. The van der Waals surface area contributed by atoms with Crippen molar-refractivity contribution in [3.8, 4) is 5.75 Å². The number of ether oxygens (including phenoxy) is 1. The molecule has 5 heteroatoms. The van der Waals surface area contributed by atoms with E-state index in [1.54, 1.807) is 0 Å². The third kappa shape index (κ3) is 2.97. The van der Waals surface area contributed by atoms with E-state index < -0.39 is 0 Å². The van der Waals surface area contributed by atoms with E-state index in [4.69, 9.17) is 20.8 Å². The van der Waals surface area contributed by atoms with Crippen LogP contribution in [-0.4, -0.2) is 10.2 Å². The predicted octanol–water partition coefficient (Wildman–Crippen LogP) is 3.34. The Morgan fingerprint density at radius 2 is 2.06 bits per heavy atom. The average Bonchev–Trinajstić information content (AvgIpc) is 2.86. The van der Waals surface area contributed by atoms with Gasteiger partial charge in [-0.05, 0) is 18.6 Å². The first kappa shape index (κ1) is 11.9. The maximum Gasteiger partial charge on any atom is 0.257 e. The fourth-order valence-corrected chi connectivity index (χ4v) is 1.53. The number of aromatic nitrogens is 2. The Labute approximate surface area is 105 Å². The molecule has 1 unspecified atom stereocenters. The summed E-state index contributed by atoms with van der Waals surface area (Å²) in [5, 5.41) is 7.74. The Kier molecular flexibility index (Phi) is 3.98. The summed E-state index contributed by atoms with van der Waals surface area (Å²) in [5.41, 5.74) is 0. The van der Waals surface area contributed by atoms with Crippen molar-refractivity contribution in [1.82, 2.24) is 10.2 Å². The summed E-state index contributed by atoms with van der Waals surface area (Å²) in [7, 11) is 0. The van der Waals surface area contributed by atoms with E-state index in [0.717, 1.165) is 12.2 Å². The second kappa shape index (κ2) is 5.68. The van der Waals surface area contributed by atoms with Crippen molar-refractivity contribution in [2.24, 2.45) is 0 Å². The van der Waals surface area contributed by atoms with Gasteiger partial charge in [-0.1, -0.05) is 25.1 Å². The van der Waals surface area contributed by atoms with Gasteiger partial charge in [0.1, 0.15) is 11.6 Å². The fraction of sp³-hybridized carbons (Fsp3) is 0.333. The van der Waals surface area contributed by atoms with Crippen LogP contribution < -0.4 is 4.74 Å². The maximum absolute atomic E-state index is 5.77. The Bertz CT molecular complexity index is 459. The van der Waals surface area contributed by atoms with E-state index in [1.165, 1.54) is 0 Å². The topological polar surface area (TPSA) is 48.2 Å². The molecule has 1 heterocycles. The molecule has 0 saturated carbocycles. The van der Waals surface area contributed by atoms with Gasteiger partial charge in [-0.2, -0.15) is 0 Å². The molecule has 1 aromatic carbocycles. The third-order valence-electron chi connectivity index (χ3n) is 2.26. The standard InChI is InChI=1S/C12H13ClN2O2/c1-2-10(12-15-14-11(8-13)17-12)16-9-6-4-3-5-7-9/h3-7,10H,2,8H2,1H3. The molecule has 17 heavy (non-hydrogen) atoms. The molecular formula is C12H13ClN2O2. The molecule has 0 saturated heterocycles. The summed E-state index contributed by atoms with van der Waals surface area (Å²) in [4.78, 5) is 0. The molecule has 1 atom stereocenters. The van der Waals surface area contributed by atoms with Crippen molar-refractivity contribution in [2.75, 3.05) is 0 Å². The van der Waals surface area contributed by atoms with E-state index in [1.807, 2.05) is 37.3 Å². The first-order valence-electron chi connectivity index (χ1n) is 5.43. The molecule has 0 fully saturated rings. The van der Waals surface area contributed by atoms with Crippen LogP contribution in [0, 0.1) is 0 Å². The summed E-state index contributed by atoms with van der Waals surface area (Å²) < 4.78 is 11.1. The lowest BCUT2D eigenvalue weighted by molar-refractivity contribution is 0.164. The predicted molar refractivity (Wildman–Crippen MR) is 64.0 cm³/mol. The summed E-state index contributed by atoms with van der Waals surface area (Å²) in [6.45, 7) is 2.00. The van der Waals surface area contributed by atoms with Crippen LogP contribution in [0.25, 0.3) is 0 Å². The number of alkyl halides is 1. The molecule has 0 aliphatic carbocycles. The van der Waals surface area contributed by atoms with Gasteiger partial charge in [0.2, 0.25) is 5.89 Å². The van der Waals surface area contributed by atoms with Crippen molar-refractivity contribution >= 4 is 11.6 Å². The fourth-order valence-electron chi connectivity index (χ4n) is 1.42. The van der Waals surface area contributed by atoms with Gasteiger partial charge in [-0.25, -0.2) is 0 Å². The van der Waals surface area contributed by atoms with E-state index >= 15 is 0 Å². The van der Waals surface area contributed by atoms with E-state index in [0.29, 0.717) is 11.8 Å². The molecule has 0 spiro atoms. The Hall–Kier alpha value is -1.55. The molecule has 0 amide bonds. The second-order valence-corrected chi connectivity index (χ2v) is 3.76. The molecule has 0 radical (unpaired) electrons. The molecular weight excluding hydrogens is 240 g/mol. The van der Waals surface area contributed by atoms with Crippen molar-refractivity contribution in [1.29, 1.82) is 0 Å². The quantitative estimate of drug-likeness (QED) is 0.766. The highest BCUT2D eigenvalue weighted by atomic mass is 35.5. The second-order valence-electron chi connectivity index (χ2n) is 3.50. The third-order valence-corrected chi connectivity index (χ3v) is 2.49. The zero-order valence-corrected chi connectivity index (χ0v) is 10.2. The number of hydrogen-bond donors (Lipinski definition) is 0. The van der Waals surface area contributed by atoms with Crippen molar-refractivity contribution < 1.29 is 9.15 Å². The van der Waals surface area contributed by atoms with Crippen LogP contribution in [0.2, 0.25) is 0 Å². The number of halogens is 1. The average molecular weight is 253 g/mol. The van der Waals surface area contributed by atoms with Crippen LogP contribution in [-0.2, 0) is 5.88 Å². The normalized spacial score (nSPS) is 12.4. The molecule has 2 rings (SSSR count). The number of benzene rings is 1. The molecule has 0 aliphatic heterocycles. The van der Waals surface area contributed by atoms with Crippen LogP contribution in [0.15, 0.2) is 34.7 Å². The van der Waals surface area contributed by atoms with Gasteiger partial charge >= 0.3 is 0 Å². The molecule has 0 N–H and O–H groups in total. The number of hydrogen-bond acceptors (Lipinski definition) is 4. The number of para-hydroxylation sites is 1. The zero-order chi connectivity index (χ0) is 12.1. The Morgan fingerprint density at radius 1 is 1.29 bits per heavy atom. The SMILES string of the molecule is CCC(Oc1ccccc1)c1nnc(CCl)o1. The first-order valence-corrected chi connectivity index (χ1v) is 5.97. The minimum atomic E-state index is -0.234. The van der Waals surface area contributed by atoms with Gasteiger partial charge in [-0.3, -0.25) is 0 Å². The van der Waals surface area contributed by atoms with Crippen LogP contribution in [0.3, 0.4) is 0 Å². The zero-order valence-electron chi connectivity index (χ0n) is 9.47. The van der Waals surface area contributed by atoms with Crippen LogP contribution >= 0.6 is 11.6 Å². The van der Waals surface area contributed by atoms with Crippen molar-refractivity contribution in [3.63, 3.8) is 0 Å². The highest BCUT2D eigenvalue weighted by molar-refractivity contribution is 6.16. The first-order chi connectivity index (χ1) is 8.33. The molecule has 90 valence electrons. The van der Waals surface area contributed by atoms with Crippen LogP contribution in [0.5, 0.6) is 5.75 Å². The van der Waals surface area contributed by atoms with Gasteiger partial charge in [0.05, 0.1) is 0 Å². The van der Waals surface area contributed by atoms with E-state index in [9.17, 15) is 0 Å². The van der Waals surface area contributed by atoms with Gasteiger partial charge in [-0.15, -0.1) is 21.8 Å². The molecule has 1 aromatic heterocycles. The summed E-state index contributed by atoms with van der Waals surface area (Å²) in [6.07, 6.45) is 0.514. The lowest BCUT2D eigenvalue weighted by Gasteiger charge is -2.13. The molecule has 0 aliphatic rings. The van der Waals surface area contributed by atoms with Gasteiger partial charge in [0, 0.05) is 0 Å². The number of nitrogens with zero attached hydrogens (tertiary/aromatic N) is 2. The summed E-state index contributed by atoms with van der Waals surface area (Å²) in [5.74, 6) is 1.88. The van der Waals surface area contributed by atoms with Crippen LogP contribution in [0.1, 0.15) is 31.2 Å². The largest absolute Gasteiger partial charge is 0.481 e. The minimum absolute atomic E-state index is 0.217. The smallest absolute Gasteiger partial charge is 0.257 e. The monoisotopic (exact) mass is 252 g/mol. The molecule has 4 nitrogen and oxygen atoms in total. The van der Waals surface area contributed by atoms with Crippen molar-refractivity contribution in [3.05, 3.63) is 42.1 Å². The summed E-state index contributed by atoms with van der Waals surface area (Å²) in [6, 6.07) is 9.55. The van der Waals surface area contributed by atoms with Crippen LogP contribution in [0.4, 0.5) is 0 Å². The Morgan fingerprint density at radius 3 is 2.65 bits per heavy atom. The van der Waals surface area contributed by atoms with Gasteiger partial charge in [0.15, 0.2) is 6.10 Å². The lowest BCUT2D eigenvalue weighted by atomic mass is 10.2. The Balaban J connectivity index is 2.11. The summed E-state index contributed by atoms with van der Waals surface area (Å²) >= 11 is 5.61. The molecule has 2 aromatic rings. The van der Waals surface area contributed by atoms with Crippen molar-refractivity contribution in [2.45, 2.75) is 25.3 Å². The number of rotatable bonds is 5. The van der Waals surface area contributed by atoms with E-state index in [-0.39, 0.29) is 12.0 Å².